The van der Waals surface area contributed by atoms with Gasteiger partial charge >= 0.3 is 6.03 Å². The summed E-state index contributed by atoms with van der Waals surface area (Å²) in [6.07, 6.45) is 0.131. The predicted molar refractivity (Wildman–Crippen MR) is 142 cm³/mol. The molecule has 7 heteroatoms. The highest BCUT2D eigenvalue weighted by Gasteiger charge is 2.27. The number of methoxy groups -OCH3 is 1. The lowest BCUT2D eigenvalue weighted by Crippen LogP contribution is -2.39. The van der Waals surface area contributed by atoms with E-state index in [2.05, 4.69) is 24.5 Å². The van der Waals surface area contributed by atoms with E-state index in [0.717, 1.165) is 22.6 Å². The number of nitrogens with one attached hydrogen (secondary N) is 2. The molecule has 36 heavy (non-hydrogen) atoms. The lowest BCUT2D eigenvalue weighted by molar-refractivity contribution is -0.137. The maximum absolute atomic E-state index is 13.0. The van der Waals surface area contributed by atoms with Crippen molar-refractivity contribution in [3.8, 4) is 11.5 Å². The topological polar surface area (TPSA) is 79.9 Å². The van der Waals surface area contributed by atoms with Gasteiger partial charge in [-0.25, -0.2) is 4.79 Å². The summed E-state index contributed by atoms with van der Waals surface area (Å²) in [4.78, 5) is 27.4. The van der Waals surface area contributed by atoms with Crippen molar-refractivity contribution in [3.05, 3.63) is 83.4 Å². The molecule has 4 rings (SSSR count). The van der Waals surface area contributed by atoms with Crippen molar-refractivity contribution >= 4 is 23.3 Å². The number of benzene rings is 3. The molecule has 3 aromatic rings. The van der Waals surface area contributed by atoms with E-state index in [9.17, 15) is 9.59 Å². The van der Waals surface area contributed by atoms with Crippen LogP contribution in [0.5, 0.6) is 11.5 Å². The van der Waals surface area contributed by atoms with E-state index in [-0.39, 0.29) is 11.9 Å². The highest BCUT2D eigenvalue weighted by atomic mass is 16.5. The second kappa shape index (κ2) is 11.2. The molecule has 0 fully saturated rings. The van der Waals surface area contributed by atoms with Gasteiger partial charge in [0.15, 0.2) is 6.10 Å². The predicted octanol–water partition coefficient (Wildman–Crippen LogP) is 5.81. The summed E-state index contributed by atoms with van der Waals surface area (Å²) < 4.78 is 11.2. The number of nitrogens with zero attached hydrogens (tertiary/aromatic N) is 1. The molecule has 1 aliphatic heterocycles. The highest BCUT2D eigenvalue weighted by Crippen LogP contribution is 2.29. The fourth-order valence-corrected chi connectivity index (χ4v) is 4.17. The van der Waals surface area contributed by atoms with Crippen LogP contribution >= 0.6 is 0 Å². The van der Waals surface area contributed by atoms with Crippen LogP contribution in [0.3, 0.4) is 0 Å². The van der Waals surface area contributed by atoms with Crippen LogP contribution in [-0.4, -0.2) is 36.6 Å². The number of hydrogen-bond donors (Lipinski definition) is 2. The number of carbonyl (C=O) groups is 2. The Morgan fingerprint density at radius 2 is 1.69 bits per heavy atom. The van der Waals surface area contributed by atoms with E-state index < -0.39 is 6.10 Å². The quantitative estimate of drug-likeness (QED) is 0.440. The molecular weight excluding hydrogens is 454 g/mol. The summed E-state index contributed by atoms with van der Waals surface area (Å²) in [5, 5.41) is 5.75. The van der Waals surface area contributed by atoms with Crippen LogP contribution in [-0.2, 0) is 17.8 Å². The molecule has 0 saturated carbocycles. The monoisotopic (exact) mass is 487 g/mol. The molecule has 1 atom stereocenters. The minimum atomic E-state index is -0.585. The second-order valence-electron chi connectivity index (χ2n) is 9.30. The van der Waals surface area contributed by atoms with E-state index in [4.69, 9.17) is 9.47 Å². The summed E-state index contributed by atoms with van der Waals surface area (Å²) in [6, 6.07) is 20.8. The molecule has 0 unspecified atom stereocenters. The van der Waals surface area contributed by atoms with Crippen LogP contribution in [0.25, 0.3) is 0 Å². The van der Waals surface area contributed by atoms with Gasteiger partial charge in [-0.2, -0.15) is 0 Å². The molecule has 1 heterocycles. The van der Waals surface area contributed by atoms with Gasteiger partial charge in [0.05, 0.1) is 7.11 Å². The third-order valence-electron chi connectivity index (χ3n) is 6.31. The molecule has 3 aromatic carbocycles. The molecule has 0 aromatic heterocycles. The van der Waals surface area contributed by atoms with Gasteiger partial charge in [0, 0.05) is 30.0 Å². The Morgan fingerprint density at radius 1 is 1.03 bits per heavy atom. The van der Waals surface area contributed by atoms with Crippen LogP contribution in [0.1, 0.15) is 43.4 Å². The molecular formula is C29H33N3O4. The zero-order valence-corrected chi connectivity index (χ0v) is 21.2. The van der Waals surface area contributed by atoms with Gasteiger partial charge in [-0.3, -0.25) is 4.79 Å². The zero-order valence-electron chi connectivity index (χ0n) is 21.2. The Bertz CT molecular complexity index is 1210. The number of amides is 3. The zero-order chi connectivity index (χ0) is 25.7. The van der Waals surface area contributed by atoms with Gasteiger partial charge in [0.1, 0.15) is 11.5 Å². The molecule has 0 bridgehead atoms. The maximum atomic E-state index is 13.0. The third kappa shape index (κ3) is 6.16. The van der Waals surface area contributed by atoms with Gasteiger partial charge in [-0.05, 0) is 72.9 Å². The summed E-state index contributed by atoms with van der Waals surface area (Å²) in [5.74, 6) is 1.83. The minimum absolute atomic E-state index is 0.0585. The molecule has 0 saturated heterocycles. The molecule has 1 aliphatic rings. The molecule has 3 amide bonds. The van der Waals surface area contributed by atoms with Crippen LogP contribution in [0.4, 0.5) is 16.2 Å². The summed E-state index contributed by atoms with van der Waals surface area (Å²) >= 11 is 0. The number of urea groups is 1. The van der Waals surface area contributed by atoms with Crippen molar-refractivity contribution in [1.82, 2.24) is 4.90 Å². The van der Waals surface area contributed by atoms with Gasteiger partial charge in [0.25, 0.3) is 5.91 Å². The maximum Gasteiger partial charge on any atom is 0.323 e. The number of anilines is 2. The Labute approximate surface area is 212 Å². The standard InChI is InChI=1S/C29H33N3O4/c1-19(2)22-7-9-24(10-8-22)30-29(34)31-25-11-14-27-23(17-25)18-32(28(33)20(3)36-27)16-15-21-5-12-26(35-4)13-6-21/h5-14,17,19-20H,15-16,18H2,1-4H3,(H2,30,31,34)/t20-/m1/s1. The average Bonchev–Trinajstić information content (AvgIpc) is 2.99. The molecule has 7 nitrogen and oxygen atoms in total. The van der Waals surface area contributed by atoms with Crippen molar-refractivity contribution in [2.24, 2.45) is 0 Å². The smallest absolute Gasteiger partial charge is 0.323 e. The number of rotatable bonds is 7. The van der Waals surface area contributed by atoms with Gasteiger partial charge in [-0.1, -0.05) is 38.1 Å². The van der Waals surface area contributed by atoms with Gasteiger partial charge in [0.2, 0.25) is 0 Å². The number of carbonyl (C=O) groups excluding carboxylic acids is 2. The first-order valence-electron chi connectivity index (χ1n) is 12.2. The van der Waals surface area contributed by atoms with E-state index in [1.54, 1.807) is 31.1 Å². The second-order valence-corrected chi connectivity index (χ2v) is 9.30. The Kier molecular flexibility index (Phi) is 7.78. The largest absolute Gasteiger partial charge is 0.497 e. The molecule has 188 valence electrons. The number of ether oxygens (including phenoxy) is 2. The van der Waals surface area contributed by atoms with Crippen LogP contribution < -0.4 is 20.1 Å². The Morgan fingerprint density at radius 3 is 2.36 bits per heavy atom. The van der Waals surface area contributed by atoms with E-state index in [1.165, 1.54) is 5.56 Å². The summed E-state index contributed by atoms with van der Waals surface area (Å²) in [7, 11) is 1.64. The Hall–Kier alpha value is -4.00. The van der Waals surface area contributed by atoms with Crippen molar-refractivity contribution in [2.75, 3.05) is 24.3 Å². The first-order chi connectivity index (χ1) is 17.3. The van der Waals surface area contributed by atoms with Crippen molar-refractivity contribution in [2.45, 2.75) is 45.8 Å². The van der Waals surface area contributed by atoms with Crippen LogP contribution in [0, 0.1) is 0 Å². The SMILES string of the molecule is COc1ccc(CCN2Cc3cc(NC(=O)Nc4ccc(C(C)C)cc4)ccc3O[C@H](C)C2=O)cc1. The van der Waals surface area contributed by atoms with Crippen molar-refractivity contribution < 1.29 is 19.1 Å². The minimum Gasteiger partial charge on any atom is -0.497 e. The lowest BCUT2D eigenvalue weighted by atomic mass is 10.0. The highest BCUT2D eigenvalue weighted by molar-refractivity contribution is 5.99. The fraction of sp³-hybridized carbons (Fsp3) is 0.310. The molecule has 0 radical (unpaired) electrons. The molecule has 2 N–H and O–H groups in total. The van der Waals surface area contributed by atoms with Gasteiger partial charge in [-0.15, -0.1) is 0 Å². The fourth-order valence-electron chi connectivity index (χ4n) is 4.17. The molecule has 0 spiro atoms. The van der Waals surface area contributed by atoms with Crippen molar-refractivity contribution in [1.29, 1.82) is 0 Å². The van der Waals surface area contributed by atoms with Crippen LogP contribution in [0.2, 0.25) is 0 Å². The average molecular weight is 488 g/mol. The van der Waals surface area contributed by atoms with Crippen molar-refractivity contribution in [3.63, 3.8) is 0 Å². The van der Waals surface area contributed by atoms with Gasteiger partial charge < -0.3 is 25.0 Å². The normalized spacial score (nSPS) is 15.1. The number of hydrogen-bond acceptors (Lipinski definition) is 4. The first kappa shape index (κ1) is 25.1. The number of fused-ring (bicyclic) bond motifs is 1. The van der Waals surface area contributed by atoms with E-state index in [1.807, 2.05) is 54.6 Å². The van der Waals surface area contributed by atoms with E-state index >= 15 is 0 Å². The summed E-state index contributed by atoms with van der Waals surface area (Å²) in [6.45, 7) is 6.99. The first-order valence-corrected chi connectivity index (χ1v) is 12.2. The van der Waals surface area contributed by atoms with E-state index in [0.29, 0.717) is 36.9 Å². The lowest BCUT2D eigenvalue weighted by Gasteiger charge is -2.22. The third-order valence-corrected chi connectivity index (χ3v) is 6.31. The summed E-state index contributed by atoms with van der Waals surface area (Å²) in [5.41, 5.74) is 4.54. The molecule has 0 aliphatic carbocycles. The Balaban J connectivity index is 1.42. The van der Waals surface area contributed by atoms with Crippen LogP contribution in [0.15, 0.2) is 66.7 Å².